The summed E-state index contributed by atoms with van der Waals surface area (Å²) in [7, 11) is 0. The number of nitrogens with zero attached hydrogens (tertiary/aromatic N) is 1. The van der Waals surface area contributed by atoms with Crippen LogP contribution in [0.4, 0.5) is 0 Å². The summed E-state index contributed by atoms with van der Waals surface area (Å²) in [5.41, 5.74) is 6.13. The van der Waals surface area contributed by atoms with Gasteiger partial charge in [0.15, 0.2) is 0 Å². The van der Waals surface area contributed by atoms with Crippen LogP contribution < -0.4 is 4.74 Å². The summed E-state index contributed by atoms with van der Waals surface area (Å²) in [5, 5.41) is 9.90. The monoisotopic (exact) mass is 529 g/mol. The summed E-state index contributed by atoms with van der Waals surface area (Å²) in [4.78, 5) is 4.89. The van der Waals surface area contributed by atoms with Crippen molar-refractivity contribution < 1.29 is 9.84 Å². The first-order chi connectivity index (χ1) is 18.8. The molecule has 3 nitrogen and oxygen atoms in total. The van der Waals surface area contributed by atoms with Gasteiger partial charge in [-0.15, -0.1) is 11.3 Å². The highest BCUT2D eigenvalue weighted by Gasteiger charge is 2.09. The van der Waals surface area contributed by atoms with Crippen molar-refractivity contribution in [1.82, 2.24) is 4.98 Å². The van der Waals surface area contributed by atoms with Crippen molar-refractivity contribution >= 4 is 21.6 Å². The standard InChI is InChI=1S/C34H43NO2S/c1-2-3-4-5-6-7-10-13-27-14-16-28(17-15-27)30-20-23-32-33(26-30)38-34(35-32)29-18-21-31(22-19-29)37-25-12-9-8-11-24-36/h14-23,26,36H,2-13,24-25H2,1H3. The highest BCUT2D eigenvalue weighted by Crippen LogP contribution is 2.34. The fourth-order valence-electron chi connectivity index (χ4n) is 4.83. The Labute approximate surface area is 232 Å². The molecule has 3 aromatic carbocycles. The van der Waals surface area contributed by atoms with Crippen LogP contribution in [0.15, 0.2) is 66.7 Å². The van der Waals surface area contributed by atoms with Crippen LogP contribution in [0.5, 0.6) is 5.75 Å². The van der Waals surface area contributed by atoms with E-state index >= 15 is 0 Å². The number of unbranched alkanes of at least 4 members (excludes halogenated alkanes) is 9. The SMILES string of the molecule is CCCCCCCCCc1ccc(-c2ccc3nc(-c4ccc(OCCCCCCO)cc4)sc3c2)cc1. The fourth-order valence-corrected chi connectivity index (χ4v) is 5.84. The van der Waals surface area contributed by atoms with E-state index in [4.69, 9.17) is 14.8 Å². The number of aliphatic hydroxyl groups excluding tert-OH is 1. The number of fused-ring (bicyclic) bond motifs is 1. The van der Waals surface area contributed by atoms with E-state index in [1.807, 2.05) is 12.1 Å². The van der Waals surface area contributed by atoms with Crippen LogP contribution in [0.25, 0.3) is 31.9 Å². The highest BCUT2D eigenvalue weighted by atomic mass is 32.1. The molecule has 1 N–H and O–H groups in total. The van der Waals surface area contributed by atoms with E-state index in [1.54, 1.807) is 11.3 Å². The van der Waals surface area contributed by atoms with Crippen molar-refractivity contribution in [2.75, 3.05) is 13.2 Å². The molecule has 0 unspecified atom stereocenters. The zero-order valence-corrected chi connectivity index (χ0v) is 23.8. The molecule has 0 aliphatic heterocycles. The van der Waals surface area contributed by atoms with Gasteiger partial charge < -0.3 is 9.84 Å². The fraction of sp³-hybridized carbons (Fsp3) is 0.441. The Morgan fingerprint density at radius 3 is 2.11 bits per heavy atom. The lowest BCUT2D eigenvalue weighted by molar-refractivity contribution is 0.273. The number of rotatable bonds is 17. The summed E-state index contributed by atoms with van der Waals surface area (Å²) in [6.07, 6.45) is 14.7. The Morgan fingerprint density at radius 2 is 1.34 bits per heavy atom. The van der Waals surface area contributed by atoms with E-state index in [0.717, 1.165) is 54.1 Å². The first-order valence-corrected chi connectivity index (χ1v) is 15.4. The molecule has 1 aromatic heterocycles. The van der Waals surface area contributed by atoms with Gasteiger partial charge >= 0.3 is 0 Å². The van der Waals surface area contributed by atoms with Crippen LogP contribution in [-0.2, 0) is 6.42 Å². The zero-order chi connectivity index (χ0) is 26.4. The van der Waals surface area contributed by atoms with E-state index in [9.17, 15) is 0 Å². The molecule has 1 heterocycles. The number of aryl methyl sites for hydroxylation is 1. The second kappa shape index (κ2) is 15.7. The maximum absolute atomic E-state index is 8.86. The van der Waals surface area contributed by atoms with E-state index in [0.29, 0.717) is 0 Å². The molecule has 0 amide bonds. The van der Waals surface area contributed by atoms with Crippen LogP contribution in [0.1, 0.15) is 83.1 Å². The maximum Gasteiger partial charge on any atom is 0.124 e. The first kappa shape index (κ1) is 28.3. The third-order valence-electron chi connectivity index (χ3n) is 7.17. The Balaban J connectivity index is 1.30. The topological polar surface area (TPSA) is 42.4 Å². The summed E-state index contributed by atoms with van der Waals surface area (Å²) < 4.78 is 7.09. The molecule has 4 aromatic rings. The number of benzene rings is 3. The number of thiazole rings is 1. The van der Waals surface area contributed by atoms with Gasteiger partial charge in [-0.2, -0.15) is 0 Å². The van der Waals surface area contributed by atoms with Gasteiger partial charge in [-0.3, -0.25) is 0 Å². The number of ether oxygens (including phenoxy) is 1. The summed E-state index contributed by atoms with van der Waals surface area (Å²) >= 11 is 1.75. The van der Waals surface area contributed by atoms with Crippen molar-refractivity contribution in [1.29, 1.82) is 0 Å². The molecule has 202 valence electrons. The van der Waals surface area contributed by atoms with E-state index in [-0.39, 0.29) is 6.61 Å². The van der Waals surface area contributed by atoms with Gasteiger partial charge in [-0.05, 0) is 85.2 Å². The molecule has 0 aliphatic carbocycles. The minimum atomic E-state index is 0.280. The van der Waals surface area contributed by atoms with Crippen molar-refractivity contribution in [2.45, 2.75) is 84.0 Å². The molecule has 0 radical (unpaired) electrons. The number of hydrogen-bond acceptors (Lipinski definition) is 4. The van der Waals surface area contributed by atoms with Gasteiger partial charge in [-0.1, -0.05) is 82.2 Å². The second-order valence-electron chi connectivity index (χ2n) is 10.3. The van der Waals surface area contributed by atoms with Gasteiger partial charge in [0, 0.05) is 12.2 Å². The molecule has 4 rings (SSSR count). The van der Waals surface area contributed by atoms with Crippen LogP contribution >= 0.6 is 11.3 Å². The van der Waals surface area contributed by atoms with Crippen LogP contribution in [-0.4, -0.2) is 23.3 Å². The van der Waals surface area contributed by atoms with Crippen LogP contribution in [0.3, 0.4) is 0 Å². The summed E-state index contributed by atoms with van der Waals surface area (Å²) in [5.74, 6) is 0.898. The van der Waals surface area contributed by atoms with Crippen molar-refractivity contribution in [2.24, 2.45) is 0 Å². The van der Waals surface area contributed by atoms with Gasteiger partial charge in [0.2, 0.25) is 0 Å². The van der Waals surface area contributed by atoms with E-state index in [1.165, 1.54) is 72.8 Å². The minimum Gasteiger partial charge on any atom is -0.494 e. The zero-order valence-electron chi connectivity index (χ0n) is 23.0. The molecule has 0 fully saturated rings. The average Bonchev–Trinajstić information content (AvgIpc) is 3.39. The van der Waals surface area contributed by atoms with Crippen molar-refractivity contribution in [3.63, 3.8) is 0 Å². The number of aliphatic hydroxyl groups is 1. The molecule has 0 saturated carbocycles. The molecule has 4 heteroatoms. The molecule has 0 atom stereocenters. The third kappa shape index (κ3) is 8.68. The lowest BCUT2D eigenvalue weighted by atomic mass is 10.0. The summed E-state index contributed by atoms with van der Waals surface area (Å²) in [6.45, 7) is 3.27. The average molecular weight is 530 g/mol. The molecular weight excluding hydrogens is 486 g/mol. The number of hydrogen-bond donors (Lipinski definition) is 1. The van der Waals surface area contributed by atoms with Crippen LogP contribution in [0.2, 0.25) is 0 Å². The van der Waals surface area contributed by atoms with Crippen molar-refractivity contribution in [3.8, 4) is 27.4 Å². The van der Waals surface area contributed by atoms with Gasteiger partial charge in [0.05, 0.1) is 16.8 Å². The second-order valence-corrected chi connectivity index (χ2v) is 11.3. The molecular formula is C34H43NO2S. The van der Waals surface area contributed by atoms with E-state index in [2.05, 4.69) is 61.5 Å². The normalized spacial score (nSPS) is 11.3. The Bertz CT molecular complexity index is 1210. The lowest BCUT2D eigenvalue weighted by Gasteiger charge is -2.06. The quantitative estimate of drug-likeness (QED) is 0.138. The predicted octanol–water partition coefficient (Wildman–Crippen LogP) is 9.85. The Morgan fingerprint density at radius 1 is 0.684 bits per heavy atom. The van der Waals surface area contributed by atoms with Gasteiger partial charge in [0.1, 0.15) is 10.8 Å². The predicted molar refractivity (Wildman–Crippen MR) is 163 cm³/mol. The smallest absolute Gasteiger partial charge is 0.124 e. The molecule has 0 saturated heterocycles. The Kier molecular flexibility index (Phi) is 11.7. The van der Waals surface area contributed by atoms with E-state index < -0.39 is 0 Å². The summed E-state index contributed by atoms with van der Waals surface area (Å²) in [6, 6.07) is 24.0. The molecule has 38 heavy (non-hydrogen) atoms. The molecule has 0 spiro atoms. The third-order valence-corrected chi connectivity index (χ3v) is 8.23. The lowest BCUT2D eigenvalue weighted by Crippen LogP contribution is -1.97. The molecule has 0 bridgehead atoms. The van der Waals surface area contributed by atoms with Gasteiger partial charge in [0.25, 0.3) is 0 Å². The Hall–Kier alpha value is -2.69. The minimum absolute atomic E-state index is 0.280. The van der Waals surface area contributed by atoms with Gasteiger partial charge in [-0.25, -0.2) is 4.98 Å². The van der Waals surface area contributed by atoms with Crippen LogP contribution in [0, 0.1) is 0 Å². The number of aromatic nitrogens is 1. The largest absolute Gasteiger partial charge is 0.494 e. The van der Waals surface area contributed by atoms with Crippen molar-refractivity contribution in [3.05, 3.63) is 72.3 Å². The first-order valence-electron chi connectivity index (χ1n) is 14.6. The molecule has 0 aliphatic rings. The maximum atomic E-state index is 8.86. The highest BCUT2D eigenvalue weighted by molar-refractivity contribution is 7.21.